The fourth-order valence-corrected chi connectivity index (χ4v) is 2.57. The Morgan fingerprint density at radius 1 is 1.21 bits per heavy atom. The van der Waals surface area contributed by atoms with Gasteiger partial charge in [-0.05, 0) is 37.8 Å². The molecule has 0 N–H and O–H groups in total. The molecule has 1 heterocycles. The van der Waals surface area contributed by atoms with Crippen LogP contribution < -0.4 is 4.90 Å². The van der Waals surface area contributed by atoms with E-state index in [1.165, 1.54) is 24.1 Å². The predicted octanol–water partition coefficient (Wildman–Crippen LogP) is 3.23. The number of hydrogen-bond acceptors (Lipinski definition) is 3. The van der Waals surface area contributed by atoms with E-state index in [4.69, 9.17) is 9.47 Å². The molecule has 1 aromatic rings. The van der Waals surface area contributed by atoms with Crippen LogP contribution in [0, 0.1) is 0 Å². The van der Waals surface area contributed by atoms with E-state index < -0.39 is 0 Å². The molecular weight excluding hydrogens is 238 g/mol. The molecule has 0 spiro atoms. The molecule has 0 aliphatic carbocycles. The standard InChI is InChI=1S/C16H25NO2/c1-3-12-19-16(18-4-2)13-17-11-7-9-14-8-5-6-10-15(14)17/h5-6,8,10,16H,3-4,7,9,11-13H2,1-2H3. The van der Waals surface area contributed by atoms with Crippen LogP contribution in [0.2, 0.25) is 0 Å². The SMILES string of the molecule is CCCOC(CN1CCCc2ccccc21)OCC. The zero-order chi connectivity index (χ0) is 13.5. The molecule has 1 aliphatic heterocycles. The van der Waals surface area contributed by atoms with Crippen LogP contribution in [0.5, 0.6) is 0 Å². The Hall–Kier alpha value is -1.06. The third-order valence-electron chi connectivity index (χ3n) is 3.44. The lowest BCUT2D eigenvalue weighted by Gasteiger charge is -2.33. The average molecular weight is 263 g/mol. The summed E-state index contributed by atoms with van der Waals surface area (Å²) in [4.78, 5) is 2.40. The lowest BCUT2D eigenvalue weighted by molar-refractivity contribution is -0.132. The number of rotatable bonds is 7. The van der Waals surface area contributed by atoms with Gasteiger partial charge in [0.25, 0.3) is 0 Å². The molecule has 0 aromatic heterocycles. The van der Waals surface area contributed by atoms with Crippen molar-refractivity contribution in [1.29, 1.82) is 0 Å². The second kappa shape index (κ2) is 7.51. The molecule has 2 rings (SSSR count). The van der Waals surface area contributed by atoms with Crippen LogP contribution >= 0.6 is 0 Å². The molecular formula is C16H25NO2. The van der Waals surface area contributed by atoms with Gasteiger partial charge in [-0.1, -0.05) is 25.1 Å². The summed E-state index contributed by atoms with van der Waals surface area (Å²) in [6.07, 6.45) is 3.31. The van der Waals surface area contributed by atoms with Crippen molar-refractivity contribution in [2.45, 2.75) is 39.4 Å². The maximum absolute atomic E-state index is 5.79. The van der Waals surface area contributed by atoms with Gasteiger partial charge in [0, 0.05) is 25.4 Å². The molecule has 0 saturated carbocycles. The number of anilines is 1. The number of para-hydroxylation sites is 1. The third kappa shape index (κ3) is 3.95. The number of nitrogens with zero attached hydrogens (tertiary/aromatic N) is 1. The van der Waals surface area contributed by atoms with E-state index in [0.29, 0.717) is 6.61 Å². The van der Waals surface area contributed by atoms with Gasteiger partial charge in [0.05, 0.1) is 6.54 Å². The third-order valence-corrected chi connectivity index (χ3v) is 3.44. The van der Waals surface area contributed by atoms with Crippen LogP contribution in [0.25, 0.3) is 0 Å². The predicted molar refractivity (Wildman–Crippen MR) is 78.6 cm³/mol. The summed E-state index contributed by atoms with van der Waals surface area (Å²) in [6.45, 7) is 7.52. The van der Waals surface area contributed by atoms with E-state index in [0.717, 1.165) is 26.1 Å². The molecule has 0 saturated heterocycles. The summed E-state index contributed by atoms with van der Waals surface area (Å²) in [7, 11) is 0. The smallest absolute Gasteiger partial charge is 0.174 e. The van der Waals surface area contributed by atoms with Gasteiger partial charge in [-0.2, -0.15) is 0 Å². The van der Waals surface area contributed by atoms with Gasteiger partial charge in [-0.15, -0.1) is 0 Å². The summed E-state index contributed by atoms with van der Waals surface area (Å²) in [6, 6.07) is 8.66. The van der Waals surface area contributed by atoms with Gasteiger partial charge in [0.15, 0.2) is 6.29 Å². The fourth-order valence-electron chi connectivity index (χ4n) is 2.57. The molecule has 3 heteroatoms. The number of benzene rings is 1. The van der Waals surface area contributed by atoms with E-state index >= 15 is 0 Å². The minimum absolute atomic E-state index is 0.115. The summed E-state index contributed by atoms with van der Waals surface area (Å²) < 4.78 is 11.5. The summed E-state index contributed by atoms with van der Waals surface area (Å²) in [5.74, 6) is 0. The largest absolute Gasteiger partial charge is 0.366 e. The van der Waals surface area contributed by atoms with Crippen molar-refractivity contribution in [1.82, 2.24) is 0 Å². The quantitative estimate of drug-likeness (QED) is 0.705. The Balaban J connectivity index is 2.01. The summed E-state index contributed by atoms with van der Waals surface area (Å²) >= 11 is 0. The minimum atomic E-state index is -0.115. The Bertz CT molecular complexity index is 381. The first-order chi connectivity index (χ1) is 9.35. The second-order valence-electron chi connectivity index (χ2n) is 4.93. The molecule has 1 aromatic carbocycles. The lowest BCUT2D eigenvalue weighted by atomic mass is 10.0. The zero-order valence-corrected chi connectivity index (χ0v) is 12.1. The van der Waals surface area contributed by atoms with Gasteiger partial charge >= 0.3 is 0 Å². The van der Waals surface area contributed by atoms with Crippen molar-refractivity contribution in [3.8, 4) is 0 Å². The highest BCUT2D eigenvalue weighted by Gasteiger charge is 2.20. The van der Waals surface area contributed by atoms with Gasteiger partial charge in [0.2, 0.25) is 0 Å². The van der Waals surface area contributed by atoms with Gasteiger partial charge < -0.3 is 14.4 Å². The maximum Gasteiger partial charge on any atom is 0.174 e. The molecule has 1 unspecified atom stereocenters. The van der Waals surface area contributed by atoms with Crippen molar-refractivity contribution < 1.29 is 9.47 Å². The van der Waals surface area contributed by atoms with Crippen molar-refractivity contribution in [2.24, 2.45) is 0 Å². The number of aryl methyl sites for hydroxylation is 1. The topological polar surface area (TPSA) is 21.7 Å². The Labute approximate surface area is 116 Å². The number of hydrogen-bond donors (Lipinski definition) is 0. The number of ether oxygens (including phenoxy) is 2. The van der Waals surface area contributed by atoms with Gasteiger partial charge in [0.1, 0.15) is 0 Å². The van der Waals surface area contributed by atoms with Crippen LogP contribution in [0.1, 0.15) is 32.3 Å². The van der Waals surface area contributed by atoms with Crippen LogP contribution in [0.3, 0.4) is 0 Å². The molecule has 0 radical (unpaired) electrons. The van der Waals surface area contributed by atoms with E-state index in [9.17, 15) is 0 Å². The van der Waals surface area contributed by atoms with Crippen molar-refractivity contribution in [3.05, 3.63) is 29.8 Å². The first-order valence-electron chi connectivity index (χ1n) is 7.41. The van der Waals surface area contributed by atoms with Gasteiger partial charge in [-0.25, -0.2) is 0 Å². The molecule has 0 fully saturated rings. The maximum atomic E-state index is 5.79. The van der Waals surface area contributed by atoms with Crippen LogP contribution in [0.4, 0.5) is 5.69 Å². The minimum Gasteiger partial charge on any atom is -0.366 e. The first-order valence-corrected chi connectivity index (χ1v) is 7.41. The molecule has 0 amide bonds. The monoisotopic (exact) mass is 263 g/mol. The summed E-state index contributed by atoms with van der Waals surface area (Å²) in [5.41, 5.74) is 2.79. The summed E-state index contributed by atoms with van der Waals surface area (Å²) in [5, 5.41) is 0. The van der Waals surface area contributed by atoms with Crippen LogP contribution in [-0.4, -0.2) is 32.6 Å². The lowest BCUT2D eigenvalue weighted by Crippen LogP contribution is -2.38. The van der Waals surface area contributed by atoms with E-state index in [1.54, 1.807) is 0 Å². The van der Waals surface area contributed by atoms with E-state index in [-0.39, 0.29) is 6.29 Å². The fraction of sp³-hybridized carbons (Fsp3) is 0.625. The van der Waals surface area contributed by atoms with E-state index in [2.05, 4.69) is 36.1 Å². The highest BCUT2D eigenvalue weighted by Crippen LogP contribution is 2.26. The molecule has 3 nitrogen and oxygen atoms in total. The second-order valence-corrected chi connectivity index (χ2v) is 4.93. The average Bonchev–Trinajstić information content (AvgIpc) is 2.45. The highest BCUT2D eigenvalue weighted by molar-refractivity contribution is 5.55. The Kier molecular flexibility index (Phi) is 5.67. The number of fused-ring (bicyclic) bond motifs is 1. The van der Waals surface area contributed by atoms with Gasteiger partial charge in [-0.3, -0.25) is 0 Å². The molecule has 1 aliphatic rings. The first kappa shape index (κ1) is 14.4. The highest BCUT2D eigenvalue weighted by atomic mass is 16.7. The molecule has 0 bridgehead atoms. The van der Waals surface area contributed by atoms with E-state index in [1.807, 2.05) is 6.92 Å². The van der Waals surface area contributed by atoms with Crippen molar-refractivity contribution in [2.75, 3.05) is 31.2 Å². The molecule has 106 valence electrons. The Morgan fingerprint density at radius 3 is 2.84 bits per heavy atom. The van der Waals surface area contributed by atoms with Crippen molar-refractivity contribution in [3.63, 3.8) is 0 Å². The van der Waals surface area contributed by atoms with Crippen molar-refractivity contribution >= 4 is 5.69 Å². The molecule has 19 heavy (non-hydrogen) atoms. The normalized spacial score (nSPS) is 16.2. The zero-order valence-electron chi connectivity index (χ0n) is 12.1. The van der Waals surface area contributed by atoms with Crippen LogP contribution in [-0.2, 0) is 15.9 Å². The molecule has 1 atom stereocenters. The van der Waals surface area contributed by atoms with Crippen LogP contribution in [0.15, 0.2) is 24.3 Å². The Morgan fingerprint density at radius 2 is 2.05 bits per heavy atom.